The number of anilines is 1. The third-order valence-electron chi connectivity index (χ3n) is 2.69. The van der Waals surface area contributed by atoms with Crippen molar-refractivity contribution in [1.82, 2.24) is 0 Å². The molecule has 0 amide bonds. The maximum atomic E-state index is 11.4. The number of azide groups is 1. The van der Waals surface area contributed by atoms with E-state index in [-0.39, 0.29) is 24.2 Å². The molecule has 0 radical (unpaired) electrons. The summed E-state index contributed by atoms with van der Waals surface area (Å²) in [6, 6.07) is 4.26. The highest BCUT2D eigenvalue weighted by molar-refractivity contribution is 5.90. The van der Waals surface area contributed by atoms with Gasteiger partial charge in [0.05, 0.1) is 18.8 Å². The van der Waals surface area contributed by atoms with E-state index in [9.17, 15) is 15.0 Å². The number of carbonyl (C=O) groups is 1. The molecule has 0 spiro atoms. The van der Waals surface area contributed by atoms with Crippen LogP contribution in [0.1, 0.15) is 28.4 Å². The van der Waals surface area contributed by atoms with Gasteiger partial charge in [0.1, 0.15) is 6.10 Å². The SMILES string of the molecule is COC(=O)c1cc(N)cc(C(O)C(O)CCN=[N+]=[N-])c1. The molecule has 0 aliphatic carbocycles. The van der Waals surface area contributed by atoms with Crippen LogP contribution in [0.15, 0.2) is 23.3 Å². The molecule has 0 bridgehead atoms. The summed E-state index contributed by atoms with van der Waals surface area (Å²) in [4.78, 5) is 14.0. The molecule has 8 heteroatoms. The Balaban J connectivity index is 2.91. The van der Waals surface area contributed by atoms with Gasteiger partial charge < -0.3 is 20.7 Å². The Bertz CT molecular complexity index is 528. The Hall–Kier alpha value is -2.28. The van der Waals surface area contributed by atoms with Crippen molar-refractivity contribution in [2.75, 3.05) is 19.4 Å². The molecule has 108 valence electrons. The molecule has 0 aliphatic rings. The number of methoxy groups -OCH3 is 1. The van der Waals surface area contributed by atoms with Gasteiger partial charge in [-0.1, -0.05) is 5.11 Å². The third-order valence-corrected chi connectivity index (χ3v) is 2.69. The minimum atomic E-state index is -1.24. The Morgan fingerprint density at radius 2 is 2.20 bits per heavy atom. The van der Waals surface area contributed by atoms with Crippen molar-refractivity contribution < 1.29 is 19.7 Å². The molecule has 20 heavy (non-hydrogen) atoms. The number of esters is 1. The smallest absolute Gasteiger partial charge is 0.337 e. The van der Waals surface area contributed by atoms with E-state index in [4.69, 9.17) is 11.3 Å². The maximum Gasteiger partial charge on any atom is 0.337 e. The van der Waals surface area contributed by atoms with Crippen molar-refractivity contribution in [1.29, 1.82) is 0 Å². The number of nitrogens with zero attached hydrogens (tertiary/aromatic N) is 3. The molecule has 0 aliphatic heterocycles. The largest absolute Gasteiger partial charge is 0.465 e. The van der Waals surface area contributed by atoms with Crippen LogP contribution in [0.25, 0.3) is 10.4 Å². The highest BCUT2D eigenvalue weighted by Crippen LogP contribution is 2.23. The molecule has 0 saturated carbocycles. The lowest BCUT2D eigenvalue weighted by atomic mass is 9.99. The molecule has 1 aromatic rings. The van der Waals surface area contributed by atoms with Gasteiger partial charge in [0.25, 0.3) is 0 Å². The lowest BCUT2D eigenvalue weighted by Crippen LogP contribution is -2.20. The molecule has 0 heterocycles. The van der Waals surface area contributed by atoms with Crippen molar-refractivity contribution in [3.8, 4) is 0 Å². The first-order valence-electron chi connectivity index (χ1n) is 5.85. The lowest BCUT2D eigenvalue weighted by Gasteiger charge is -2.18. The zero-order valence-electron chi connectivity index (χ0n) is 10.9. The molecule has 0 fully saturated rings. The summed E-state index contributed by atoms with van der Waals surface area (Å²) >= 11 is 0. The molecule has 0 aromatic heterocycles. The first kappa shape index (κ1) is 15.8. The second kappa shape index (κ2) is 7.34. The van der Waals surface area contributed by atoms with Crippen LogP contribution in [0.5, 0.6) is 0 Å². The number of nitrogens with two attached hydrogens (primary N) is 1. The van der Waals surface area contributed by atoms with Crippen LogP contribution >= 0.6 is 0 Å². The van der Waals surface area contributed by atoms with Crippen LogP contribution < -0.4 is 5.73 Å². The van der Waals surface area contributed by atoms with Gasteiger partial charge in [-0.2, -0.15) is 0 Å². The van der Waals surface area contributed by atoms with E-state index < -0.39 is 18.2 Å². The number of rotatable bonds is 6. The number of aliphatic hydroxyl groups excluding tert-OH is 2. The second-order valence-corrected chi connectivity index (χ2v) is 4.14. The summed E-state index contributed by atoms with van der Waals surface area (Å²) in [5.41, 5.74) is 14.5. The van der Waals surface area contributed by atoms with Crippen molar-refractivity contribution in [2.45, 2.75) is 18.6 Å². The quantitative estimate of drug-likeness (QED) is 0.235. The van der Waals surface area contributed by atoms with Gasteiger partial charge >= 0.3 is 5.97 Å². The van der Waals surface area contributed by atoms with E-state index in [1.54, 1.807) is 0 Å². The summed E-state index contributed by atoms with van der Waals surface area (Å²) in [5, 5.41) is 23.1. The molecule has 8 nitrogen and oxygen atoms in total. The van der Waals surface area contributed by atoms with E-state index in [1.807, 2.05) is 0 Å². The van der Waals surface area contributed by atoms with Crippen LogP contribution in [0.4, 0.5) is 5.69 Å². The summed E-state index contributed by atoms with van der Waals surface area (Å²) in [6.07, 6.45) is -2.28. The molecule has 2 unspecified atom stereocenters. The topological polar surface area (TPSA) is 142 Å². The number of nitrogen functional groups attached to an aromatic ring is 1. The fourth-order valence-electron chi connectivity index (χ4n) is 1.70. The molecular weight excluding hydrogens is 264 g/mol. The zero-order valence-corrected chi connectivity index (χ0v) is 10.9. The Kier molecular flexibility index (Phi) is 5.79. The van der Waals surface area contributed by atoms with Gasteiger partial charge in [-0.3, -0.25) is 0 Å². The highest BCUT2D eigenvalue weighted by Gasteiger charge is 2.20. The van der Waals surface area contributed by atoms with Crippen molar-refractivity contribution in [2.24, 2.45) is 5.11 Å². The maximum absolute atomic E-state index is 11.4. The summed E-state index contributed by atoms with van der Waals surface area (Å²) in [7, 11) is 1.23. The van der Waals surface area contributed by atoms with Crippen LogP contribution in [-0.2, 0) is 4.74 Å². The average molecular weight is 280 g/mol. The number of hydrogen-bond donors (Lipinski definition) is 3. The first-order chi connectivity index (χ1) is 9.49. The monoisotopic (exact) mass is 280 g/mol. The molecular formula is C12H16N4O4. The Labute approximate surface area is 115 Å². The van der Waals surface area contributed by atoms with Crippen molar-refractivity contribution >= 4 is 11.7 Å². The average Bonchev–Trinajstić information content (AvgIpc) is 2.45. The molecule has 1 aromatic carbocycles. The molecule has 1 rings (SSSR count). The number of benzene rings is 1. The predicted molar refractivity (Wildman–Crippen MR) is 71.8 cm³/mol. The zero-order chi connectivity index (χ0) is 15.1. The van der Waals surface area contributed by atoms with Crippen LogP contribution in [-0.4, -0.2) is 35.9 Å². The van der Waals surface area contributed by atoms with Gasteiger partial charge in [-0.05, 0) is 35.7 Å². The highest BCUT2D eigenvalue weighted by atomic mass is 16.5. The van der Waals surface area contributed by atoms with E-state index in [1.165, 1.54) is 25.3 Å². The van der Waals surface area contributed by atoms with E-state index in [0.717, 1.165) is 0 Å². The van der Waals surface area contributed by atoms with E-state index in [0.29, 0.717) is 5.56 Å². The van der Waals surface area contributed by atoms with Crippen LogP contribution in [0.2, 0.25) is 0 Å². The first-order valence-corrected chi connectivity index (χ1v) is 5.85. The van der Waals surface area contributed by atoms with Gasteiger partial charge in [0.15, 0.2) is 0 Å². The number of hydrogen-bond acceptors (Lipinski definition) is 6. The number of aliphatic hydroxyl groups is 2. The Morgan fingerprint density at radius 1 is 1.50 bits per heavy atom. The van der Waals surface area contributed by atoms with Gasteiger partial charge in [-0.15, -0.1) is 0 Å². The van der Waals surface area contributed by atoms with Crippen LogP contribution in [0, 0.1) is 0 Å². The number of carbonyl (C=O) groups excluding carboxylic acids is 1. The normalized spacial score (nSPS) is 13.2. The second-order valence-electron chi connectivity index (χ2n) is 4.14. The molecule has 4 N–H and O–H groups in total. The Morgan fingerprint density at radius 3 is 2.80 bits per heavy atom. The summed E-state index contributed by atoms with van der Waals surface area (Å²) in [5.74, 6) is -0.589. The minimum absolute atomic E-state index is 0.0564. The van der Waals surface area contributed by atoms with Gasteiger partial charge in [-0.25, -0.2) is 4.79 Å². The molecule has 0 saturated heterocycles. The third kappa shape index (κ3) is 4.13. The van der Waals surface area contributed by atoms with E-state index in [2.05, 4.69) is 14.8 Å². The summed E-state index contributed by atoms with van der Waals surface area (Å²) in [6.45, 7) is 0.0564. The van der Waals surface area contributed by atoms with Crippen molar-refractivity contribution in [3.05, 3.63) is 39.8 Å². The van der Waals surface area contributed by atoms with Crippen molar-refractivity contribution in [3.63, 3.8) is 0 Å². The van der Waals surface area contributed by atoms with E-state index >= 15 is 0 Å². The predicted octanol–water partition coefficient (Wildman–Crippen LogP) is 1.15. The van der Waals surface area contributed by atoms with Gasteiger partial charge in [0, 0.05) is 17.1 Å². The fourth-order valence-corrected chi connectivity index (χ4v) is 1.70. The fraction of sp³-hybridized carbons (Fsp3) is 0.417. The molecule has 2 atom stereocenters. The standard InChI is InChI=1S/C12H16N4O4/c1-20-12(19)8-4-7(5-9(13)6-8)11(18)10(17)2-3-15-16-14/h4-6,10-11,17-18H,2-3,13H2,1H3. The summed E-state index contributed by atoms with van der Waals surface area (Å²) < 4.78 is 4.57. The van der Waals surface area contributed by atoms with Gasteiger partial charge in [0.2, 0.25) is 0 Å². The van der Waals surface area contributed by atoms with Crippen LogP contribution in [0.3, 0.4) is 0 Å². The number of ether oxygens (including phenoxy) is 1. The lowest BCUT2D eigenvalue weighted by molar-refractivity contribution is 0.0150. The minimum Gasteiger partial charge on any atom is -0.465 e.